The van der Waals surface area contributed by atoms with Crippen LogP contribution in [0.15, 0.2) is 36.4 Å². The number of carbonyl (C=O) groups is 1. The highest BCUT2D eigenvalue weighted by Crippen LogP contribution is 2.36. The van der Waals surface area contributed by atoms with Gasteiger partial charge in [0.2, 0.25) is 0 Å². The van der Waals surface area contributed by atoms with E-state index in [0.29, 0.717) is 0 Å². The number of ether oxygens (including phenoxy) is 1. The van der Waals surface area contributed by atoms with E-state index in [1.54, 1.807) is 0 Å². The number of carbonyl (C=O) groups excluding carboxylic acids is 1. The third-order valence-electron chi connectivity index (χ3n) is 7.93. The number of amides is 1. The quantitative estimate of drug-likeness (QED) is 0.713. The van der Waals surface area contributed by atoms with Crippen molar-refractivity contribution in [1.29, 1.82) is 0 Å². The number of likely N-dealkylation sites (N-methyl/N-ethyl adjacent to an activating group) is 1. The lowest BCUT2D eigenvalue weighted by Gasteiger charge is -2.40. The molecule has 2 aromatic carbocycles. The molecule has 1 amide bonds. The Morgan fingerprint density at radius 2 is 1.69 bits per heavy atom. The van der Waals surface area contributed by atoms with Gasteiger partial charge in [0.25, 0.3) is 5.91 Å². The van der Waals surface area contributed by atoms with E-state index in [1.807, 2.05) is 17.0 Å². The number of piperazine rings is 1. The maximum absolute atomic E-state index is 13.0. The molecule has 2 heterocycles. The normalized spacial score (nSPS) is 21.1. The standard InChI is InChI=1S/C28H38N4O3/c1-21-3-10-27(31-13-11-29(2)12-14-31)26-19-24(8-9-25(21)26)32(28(34)20-33)23-6-4-22(5-7-23)30-15-17-35-18-16-30/h3-7,10,24,33H,8-9,11-20H2,1-2H3. The number of rotatable bonds is 5. The molecule has 1 atom stereocenters. The first-order valence-corrected chi connectivity index (χ1v) is 13.0. The van der Waals surface area contributed by atoms with E-state index in [0.717, 1.165) is 83.1 Å². The molecule has 2 aliphatic heterocycles. The molecule has 1 unspecified atom stereocenters. The van der Waals surface area contributed by atoms with E-state index in [9.17, 15) is 9.90 Å². The Morgan fingerprint density at radius 3 is 2.37 bits per heavy atom. The number of anilines is 3. The molecule has 5 rings (SSSR count). The van der Waals surface area contributed by atoms with Crippen LogP contribution in [-0.4, -0.2) is 88.1 Å². The van der Waals surface area contributed by atoms with Gasteiger partial charge in [-0.3, -0.25) is 4.79 Å². The maximum atomic E-state index is 13.0. The zero-order valence-electron chi connectivity index (χ0n) is 21.1. The van der Waals surface area contributed by atoms with Crippen LogP contribution in [0.2, 0.25) is 0 Å². The molecular formula is C28H38N4O3. The molecule has 2 saturated heterocycles. The van der Waals surface area contributed by atoms with Crippen LogP contribution in [0.1, 0.15) is 23.1 Å². The fourth-order valence-electron chi connectivity index (χ4n) is 5.87. The molecule has 1 N–H and O–H groups in total. The molecule has 7 heteroatoms. The Hall–Kier alpha value is -2.61. The molecule has 0 saturated carbocycles. The van der Waals surface area contributed by atoms with Crippen molar-refractivity contribution in [3.8, 4) is 0 Å². The number of benzene rings is 2. The van der Waals surface area contributed by atoms with Crippen molar-refractivity contribution in [2.75, 3.05) is 80.8 Å². The third kappa shape index (κ3) is 5.03. The van der Waals surface area contributed by atoms with Crippen molar-refractivity contribution in [2.45, 2.75) is 32.2 Å². The van der Waals surface area contributed by atoms with E-state index in [4.69, 9.17) is 4.74 Å². The zero-order valence-corrected chi connectivity index (χ0v) is 21.1. The molecule has 35 heavy (non-hydrogen) atoms. The minimum atomic E-state index is -0.478. The number of morpholine rings is 1. The molecule has 7 nitrogen and oxygen atoms in total. The van der Waals surface area contributed by atoms with Crippen LogP contribution < -0.4 is 14.7 Å². The van der Waals surface area contributed by atoms with E-state index in [-0.39, 0.29) is 11.9 Å². The second kappa shape index (κ2) is 10.6. The van der Waals surface area contributed by atoms with E-state index < -0.39 is 6.61 Å². The highest BCUT2D eigenvalue weighted by molar-refractivity contribution is 5.95. The van der Waals surface area contributed by atoms with Gasteiger partial charge in [0.1, 0.15) is 6.61 Å². The van der Waals surface area contributed by atoms with Crippen molar-refractivity contribution in [3.05, 3.63) is 53.1 Å². The largest absolute Gasteiger partial charge is 0.387 e. The SMILES string of the molecule is Cc1ccc(N2CCN(C)CC2)c2c1CCC(N(C(=O)CO)c1ccc(N3CCOCC3)cc1)C2. The Bertz CT molecular complexity index is 1030. The van der Waals surface area contributed by atoms with Crippen LogP contribution in [0.25, 0.3) is 0 Å². The summed E-state index contributed by atoms with van der Waals surface area (Å²) in [5, 5.41) is 9.85. The molecule has 2 fully saturated rings. The van der Waals surface area contributed by atoms with Crippen molar-refractivity contribution < 1.29 is 14.6 Å². The van der Waals surface area contributed by atoms with Crippen LogP contribution in [0.4, 0.5) is 17.1 Å². The summed E-state index contributed by atoms with van der Waals surface area (Å²) in [7, 11) is 2.18. The number of aliphatic hydroxyl groups is 1. The van der Waals surface area contributed by atoms with E-state index in [1.165, 1.54) is 22.4 Å². The molecule has 0 aromatic heterocycles. The average Bonchev–Trinajstić information content (AvgIpc) is 2.90. The van der Waals surface area contributed by atoms with Crippen LogP contribution in [0.5, 0.6) is 0 Å². The fourth-order valence-corrected chi connectivity index (χ4v) is 5.87. The van der Waals surface area contributed by atoms with Crippen LogP contribution in [-0.2, 0) is 22.4 Å². The average molecular weight is 479 g/mol. The van der Waals surface area contributed by atoms with Gasteiger partial charge in [-0.15, -0.1) is 0 Å². The summed E-state index contributed by atoms with van der Waals surface area (Å²) in [5.41, 5.74) is 7.50. The Labute approximate surface area is 208 Å². The lowest BCUT2D eigenvalue weighted by Crippen LogP contribution is -2.47. The maximum Gasteiger partial charge on any atom is 0.252 e. The first kappa shape index (κ1) is 24.1. The molecule has 0 spiro atoms. The number of fused-ring (bicyclic) bond motifs is 1. The lowest BCUT2D eigenvalue weighted by atomic mass is 9.83. The van der Waals surface area contributed by atoms with Crippen molar-refractivity contribution in [2.24, 2.45) is 0 Å². The Balaban J connectivity index is 1.42. The smallest absolute Gasteiger partial charge is 0.252 e. The second-order valence-electron chi connectivity index (χ2n) is 10.1. The van der Waals surface area contributed by atoms with Gasteiger partial charge in [-0.2, -0.15) is 0 Å². The van der Waals surface area contributed by atoms with Gasteiger partial charge >= 0.3 is 0 Å². The summed E-state index contributed by atoms with van der Waals surface area (Å²) >= 11 is 0. The van der Waals surface area contributed by atoms with Gasteiger partial charge in [0, 0.05) is 62.4 Å². The van der Waals surface area contributed by atoms with Crippen molar-refractivity contribution in [1.82, 2.24) is 4.90 Å². The van der Waals surface area contributed by atoms with Gasteiger partial charge in [0.05, 0.1) is 13.2 Å². The molecule has 1 aliphatic carbocycles. The second-order valence-corrected chi connectivity index (χ2v) is 10.1. The van der Waals surface area contributed by atoms with Gasteiger partial charge in [-0.25, -0.2) is 0 Å². The predicted molar refractivity (Wildman–Crippen MR) is 141 cm³/mol. The lowest BCUT2D eigenvalue weighted by molar-refractivity contribution is -0.121. The summed E-state index contributed by atoms with van der Waals surface area (Å²) < 4.78 is 5.48. The minimum absolute atomic E-state index is 0.0319. The predicted octanol–water partition coefficient (Wildman–Crippen LogP) is 2.47. The van der Waals surface area contributed by atoms with Gasteiger partial charge in [-0.05, 0) is 80.3 Å². The zero-order chi connectivity index (χ0) is 24.4. The van der Waals surface area contributed by atoms with Crippen LogP contribution in [0.3, 0.4) is 0 Å². The van der Waals surface area contributed by atoms with Crippen LogP contribution in [0, 0.1) is 6.92 Å². The monoisotopic (exact) mass is 478 g/mol. The summed E-state index contributed by atoms with van der Waals surface area (Å²) in [5.74, 6) is -0.230. The number of aryl methyl sites for hydroxylation is 1. The summed E-state index contributed by atoms with van der Waals surface area (Å²) in [6.45, 7) is 9.16. The van der Waals surface area contributed by atoms with Crippen molar-refractivity contribution in [3.63, 3.8) is 0 Å². The fraction of sp³-hybridized carbons (Fsp3) is 0.536. The van der Waals surface area contributed by atoms with Crippen molar-refractivity contribution >= 4 is 23.0 Å². The minimum Gasteiger partial charge on any atom is -0.387 e. The molecular weight excluding hydrogens is 440 g/mol. The Morgan fingerprint density at radius 1 is 0.971 bits per heavy atom. The van der Waals surface area contributed by atoms with Gasteiger partial charge in [-0.1, -0.05) is 6.07 Å². The summed E-state index contributed by atoms with van der Waals surface area (Å²) in [4.78, 5) is 22.1. The van der Waals surface area contributed by atoms with E-state index >= 15 is 0 Å². The Kier molecular flexibility index (Phi) is 7.27. The molecule has 3 aliphatic rings. The number of aliphatic hydroxyl groups excluding tert-OH is 1. The summed E-state index contributed by atoms with van der Waals surface area (Å²) in [6.07, 6.45) is 2.67. The van der Waals surface area contributed by atoms with Gasteiger partial charge < -0.3 is 29.4 Å². The molecule has 0 radical (unpaired) electrons. The number of nitrogens with zero attached hydrogens (tertiary/aromatic N) is 4. The van der Waals surface area contributed by atoms with Gasteiger partial charge in [0.15, 0.2) is 0 Å². The van der Waals surface area contributed by atoms with E-state index in [2.05, 4.69) is 52.9 Å². The number of hydrogen-bond donors (Lipinski definition) is 1. The first-order chi connectivity index (χ1) is 17.0. The first-order valence-electron chi connectivity index (χ1n) is 13.0. The van der Waals surface area contributed by atoms with Crippen LogP contribution >= 0.6 is 0 Å². The number of hydrogen-bond acceptors (Lipinski definition) is 6. The highest BCUT2D eigenvalue weighted by atomic mass is 16.5. The molecule has 188 valence electrons. The highest BCUT2D eigenvalue weighted by Gasteiger charge is 2.32. The molecule has 0 bridgehead atoms. The third-order valence-corrected chi connectivity index (χ3v) is 7.93. The summed E-state index contributed by atoms with van der Waals surface area (Å²) in [6, 6.07) is 12.8. The topological polar surface area (TPSA) is 59.5 Å². The molecule has 2 aromatic rings.